The second kappa shape index (κ2) is 12.0. The van der Waals surface area contributed by atoms with Crippen molar-refractivity contribution in [3.8, 4) is 5.75 Å². The second-order valence-corrected chi connectivity index (χ2v) is 9.41. The third-order valence-electron chi connectivity index (χ3n) is 6.26. The number of fused-ring (bicyclic) bond motifs is 1. The highest BCUT2D eigenvalue weighted by atomic mass is 35.5. The lowest BCUT2D eigenvalue weighted by Gasteiger charge is -2.23. The van der Waals surface area contributed by atoms with Crippen LogP contribution in [0.3, 0.4) is 0 Å². The molecule has 40 heavy (non-hydrogen) atoms. The minimum absolute atomic E-state index is 0.169. The van der Waals surface area contributed by atoms with Crippen LogP contribution in [0.15, 0.2) is 79.6 Å². The molecular weight excluding hydrogens is 537 g/mol. The van der Waals surface area contributed by atoms with E-state index in [0.29, 0.717) is 57.4 Å². The highest BCUT2D eigenvalue weighted by Gasteiger charge is 2.30. The molecule has 11 heteroatoms. The van der Waals surface area contributed by atoms with Gasteiger partial charge in [0.25, 0.3) is 0 Å². The molecule has 1 aromatic heterocycles. The fourth-order valence-corrected chi connectivity index (χ4v) is 4.59. The molecule has 0 radical (unpaired) electrons. The number of carbonyl (C=O) groups excluding carboxylic acids is 2. The first-order valence-corrected chi connectivity index (χ1v) is 12.9. The molecule has 0 spiro atoms. The van der Waals surface area contributed by atoms with Gasteiger partial charge in [-0.05, 0) is 66.6 Å². The second-order valence-electron chi connectivity index (χ2n) is 9.01. The smallest absolute Gasteiger partial charge is 0.413 e. The molecule has 1 aliphatic heterocycles. The summed E-state index contributed by atoms with van der Waals surface area (Å²) in [6.07, 6.45) is 2.61. The van der Waals surface area contributed by atoms with Crippen LogP contribution in [-0.2, 0) is 16.1 Å². The maximum atomic E-state index is 13.4. The lowest BCUT2D eigenvalue weighted by molar-refractivity contribution is -0.132. The SMILES string of the molecule is C=CC(=O)N1CCCC1OC(=O)Nc1ccc2ncnc(Nc3ccc(OCc4cccc(F)c4)c(Cl)c3)c2c1. The Labute approximate surface area is 234 Å². The van der Waals surface area contributed by atoms with Gasteiger partial charge in [0.05, 0.1) is 10.5 Å². The van der Waals surface area contributed by atoms with Gasteiger partial charge in [0.2, 0.25) is 5.91 Å². The summed E-state index contributed by atoms with van der Waals surface area (Å²) in [6, 6.07) is 16.5. The van der Waals surface area contributed by atoms with Crippen molar-refractivity contribution in [2.24, 2.45) is 0 Å². The van der Waals surface area contributed by atoms with Gasteiger partial charge in [-0.15, -0.1) is 0 Å². The number of amides is 2. The molecule has 3 aromatic carbocycles. The Morgan fingerprint density at radius 3 is 2.77 bits per heavy atom. The van der Waals surface area contributed by atoms with E-state index < -0.39 is 12.3 Å². The first-order valence-electron chi connectivity index (χ1n) is 12.5. The first kappa shape index (κ1) is 26.9. The van der Waals surface area contributed by atoms with E-state index >= 15 is 0 Å². The summed E-state index contributed by atoms with van der Waals surface area (Å²) >= 11 is 6.44. The van der Waals surface area contributed by atoms with Crippen molar-refractivity contribution in [1.29, 1.82) is 0 Å². The predicted octanol–water partition coefficient (Wildman–Crippen LogP) is 6.43. The number of halogens is 2. The van der Waals surface area contributed by atoms with Gasteiger partial charge in [-0.3, -0.25) is 10.1 Å². The summed E-state index contributed by atoms with van der Waals surface area (Å²) in [5.74, 6) is 0.328. The van der Waals surface area contributed by atoms with Crippen LogP contribution in [0.5, 0.6) is 5.75 Å². The zero-order chi connectivity index (χ0) is 28.1. The third kappa shape index (κ3) is 6.29. The molecule has 1 atom stereocenters. The van der Waals surface area contributed by atoms with E-state index in [9.17, 15) is 14.0 Å². The van der Waals surface area contributed by atoms with Crippen LogP contribution in [0, 0.1) is 5.82 Å². The normalized spacial score (nSPS) is 14.6. The van der Waals surface area contributed by atoms with Gasteiger partial charge >= 0.3 is 6.09 Å². The quantitative estimate of drug-likeness (QED) is 0.239. The minimum Gasteiger partial charge on any atom is -0.487 e. The fourth-order valence-electron chi connectivity index (χ4n) is 4.35. The molecule has 1 unspecified atom stereocenters. The van der Waals surface area contributed by atoms with Crippen molar-refractivity contribution in [2.75, 3.05) is 17.2 Å². The number of nitrogens with zero attached hydrogens (tertiary/aromatic N) is 3. The molecule has 0 aliphatic carbocycles. The van der Waals surface area contributed by atoms with E-state index in [-0.39, 0.29) is 18.3 Å². The van der Waals surface area contributed by atoms with Gasteiger partial charge < -0.3 is 19.7 Å². The number of anilines is 3. The number of hydrogen-bond donors (Lipinski definition) is 2. The minimum atomic E-state index is -0.680. The molecule has 2 amide bonds. The van der Waals surface area contributed by atoms with Gasteiger partial charge in [-0.25, -0.2) is 19.2 Å². The van der Waals surface area contributed by atoms with Crippen molar-refractivity contribution in [2.45, 2.75) is 25.7 Å². The zero-order valence-electron chi connectivity index (χ0n) is 21.3. The summed E-state index contributed by atoms with van der Waals surface area (Å²) in [4.78, 5) is 34.7. The topological polar surface area (TPSA) is 106 Å². The Bertz CT molecular complexity index is 1580. The average molecular weight is 562 g/mol. The lowest BCUT2D eigenvalue weighted by Crippen LogP contribution is -2.38. The summed E-state index contributed by atoms with van der Waals surface area (Å²) in [6.45, 7) is 4.17. The lowest BCUT2D eigenvalue weighted by atomic mass is 10.2. The number of likely N-dealkylation sites (tertiary alicyclic amines) is 1. The third-order valence-corrected chi connectivity index (χ3v) is 6.55. The number of rotatable bonds is 8. The van der Waals surface area contributed by atoms with Crippen LogP contribution in [0.2, 0.25) is 5.02 Å². The molecular formula is C29H25ClFN5O4. The Morgan fingerprint density at radius 2 is 1.98 bits per heavy atom. The van der Waals surface area contributed by atoms with E-state index in [2.05, 4.69) is 27.2 Å². The van der Waals surface area contributed by atoms with Crippen molar-refractivity contribution in [3.05, 3.63) is 96.0 Å². The van der Waals surface area contributed by atoms with E-state index in [1.54, 1.807) is 48.5 Å². The average Bonchev–Trinajstić information content (AvgIpc) is 3.40. The van der Waals surface area contributed by atoms with Crippen LogP contribution in [0.1, 0.15) is 18.4 Å². The van der Waals surface area contributed by atoms with Gasteiger partial charge in [-0.2, -0.15) is 0 Å². The van der Waals surface area contributed by atoms with E-state index in [0.717, 1.165) is 6.42 Å². The van der Waals surface area contributed by atoms with Gasteiger partial charge in [0.15, 0.2) is 6.23 Å². The van der Waals surface area contributed by atoms with Crippen molar-refractivity contribution < 1.29 is 23.5 Å². The highest BCUT2D eigenvalue weighted by molar-refractivity contribution is 6.32. The molecule has 0 bridgehead atoms. The number of benzene rings is 3. The summed E-state index contributed by atoms with van der Waals surface area (Å²) in [5, 5.41) is 6.94. The number of nitrogens with one attached hydrogen (secondary N) is 2. The van der Waals surface area contributed by atoms with Gasteiger partial charge in [0, 0.05) is 29.7 Å². The Hall–Kier alpha value is -4.70. The molecule has 1 saturated heterocycles. The summed E-state index contributed by atoms with van der Waals surface area (Å²) in [7, 11) is 0. The van der Waals surface area contributed by atoms with Crippen LogP contribution in [-0.4, -0.2) is 39.6 Å². The predicted molar refractivity (Wildman–Crippen MR) is 150 cm³/mol. The zero-order valence-corrected chi connectivity index (χ0v) is 22.0. The van der Waals surface area contributed by atoms with Crippen molar-refractivity contribution in [1.82, 2.24) is 14.9 Å². The molecule has 5 rings (SSSR count). The number of carbonyl (C=O) groups is 2. The van der Waals surface area contributed by atoms with Gasteiger partial charge in [0.1, 0.15) is 30.3 Å². The molecule has 2 heterocycles. The number of ether oxygens (including phenoxy) is 2. The Kier molecular flexibility index (Phi) is 8.07. The molecule has 1 fully saturated rings. The maximum absolute atomic E-state index is 13.4. The molecule has 0 saturated carbocycles. The summed E-state index contributed by atoms with van der Waals surface area (Å²) in [5.41, 5.74) is 2.45. The first-order chi connectivity index (χ1) is 19.4. The van der Waals surface area contributed by atoms with Crippen LogP contribution in [0.25, 0.3) is 10.9 Å². The molecule has 9 nitrogen and oxygen atoms in total. The van der Waals surface area contributed by atoms with Crippen molar-refractivity contribution in [3.63, 3.8) is 0 Å². The molecule has 204 valence electrons. The summed E-state index contributed by atoms with van der Waals surface area (Å²) < 4.78 is 24.7. The van der Waals surface area contributed by atoms with Crippen LogP contribution in [0.4, 0.5) is 26.4 Å². The monoisotopic (exact) mass is 561 g/mol. The maximum Gasteiger partial charge on any atom is 0.413 e. The van der Waals surface area contributed by atoms with Crippen LogP contribution < -0.4 is 15.4 Å². The molecule has 2 N–H and O–H groups in total. The largest absolute Gasteiger partial charge is 0.487 e. The molecule has 1 aliphatic rings. The van der Waals surface area contributed by atoms with E-state index in [4.69, 9.17) is 21.1 Å². The number of hydrogen-bond acceptors (Lipinski definition) is 7. The number of aromatic nitrogens is 2. The molecule has 4 aromatic rings. The Balaban J connectivity index is 1.27. The Morgan fingerprint density at radius 1 is 1.12 bits per heavy atom. The van der Waals surface area contributed by atoms with Crippen molar-refractivity contribution >= 4 is 51.7 Å². The highest BCUT2D eigenvalue weighted by Crippen LogP contribution is 2.32. The van der Waals surface area contributed by atoms with Gasteiger partial charge in [-0.1, -0.05) is 30.3 Å². The fraction of sp³-hybridized carbons (Fsp3) is 0.172. The standard InChI is InChI=1S/C29H25ClFN5O4/c1-2-26(37)36-12-4-7-27(36)40-29(38)35-20-8-10-24-22(14-20)28(33-17-32-24)34-21-9-11-25(23(30)15-21)39-16-18-5-3-6-19(31)13-18/h2-3,5-6,8-11,13-15,17,27H,1,4,7,12,16H2,(H,35,38)(H,32,33,34). The van der Waals surface area contributed by atoms with E-state index in [1.807, 2.05) is 0 Å². The van der Waals surface area contributed by atoms with E-state index in [1.165, 1.54) is 29.4 Å². The van der Waals surface area contributed by atoms with Crippen LogP contribution >= 0.6 is 11.6 Å².